The molecule has 1 aromatic carbocycles. The molecule has 0 fully saturated rings. The highest BCUT2D eigenvalue weighted by molar-refractivity contribution is 5.86. The normalized spacial score (nSPS) is 11.6. The van der Waals surface area contributed by atoms with E-state index in [1.807, 2.05) is 14.0 Å². The van der Waals surface area contributed by atoms with E-state index in [9.17, 15) is 8.78 Å². The maximum absolute atomic E-state index is 13.7. The Morgan fingerprint density at radius 2 is 2.04 bits per heavy atom. The van der Waals surface area contributed by atoms with Crippen molar-refractivity contribution in [3.8, 4) is 0 Å². The molecule has 0 unspecified atom stereocenters. The number of nitrogens with one attached hydrogen (secondary N) is 3. The first-order valence-electron chi connectivity index (χ1n) is 8.91. The van der Waals surface area contributed by atoms with Crippen LogP contribution in [0.1, 0.15) is 12.5 Å². The molecule has 0 aliphatic carbocycles. The first-order chi connectivity index (χ1) is 13.6. The molecule has 2 aromatic heterocycles. The van der Waals surface area contributed by atoms with Crippen molar-refractivity contribution < 1.29 is 8.78 Å². The van der Waals surface area contributed by atoms with E-state index >= 15 is 0 Å². The number of benzene rings is 1. The lowest BCUT2D eigenvalue weighted by atomic mass is 10.2. The van der Waals surface area contributed by atoms with Gasteiger partial charge in [0.15, 0.2) is 11.6 Å². The summed E-state index contributed by atoms with van der Waals surface area (Å²) in [5.41, 5.74) is 0.952. The van der Waals surface area contributed by atoms with E-state index in [0.717, 1.165) is 29.2 Å². The number of hydrogen-bond acceptors (Lipinski definition) is 5. The Kier molecular flexibility index (Phi) is 6.30. The lowest BCUT2D eigenvalue weighted by Crippen LogP contribution is -2.39. The predicted molar refractivity (Wildman–Crippen MR) is 104 cm³/mol. The summed E-state index contributed by atoms with van der Waals surface area (Å²) in [6.45, 7) is 3.73. The van der Waals surface area contributed by atoms with E-state index in [0.29, 0.717) is 31.4 Å². The minimum atomic E-state index is -0.486. The van der Waals surface area contributed by atoms with Gasteiger partial charge in [-0.2, -0.15) is 5.10 Å². The highest BCUT2D eigenvalue weighted by Crippen LogP contribution is 2.17. The van der Waals surface area contributed by atoms with Gasteiger partial charge in [-0.15, -0.1) is 0 Å². The van der Waals surface area contributed by atoms with Crippen LogP contribution in [0.3, 0.4) is 0 Å². The number of anilines is 1. The predicted octanol–water partition coefficient (Wildman–Crippen LogP) is 1.81. The van der Waals surface area contributed by atoms with Gasteiger partial charge < -0.3 is 16.0 Å². The summed E-state index contributed by atoms with van der Waals surface area (Å²) in [4.78, 5) is 12.7. The average Bonchev–Trinajstić information content (AvgIpc) is 3.07. The molecule has 0 aliphatic heterocycles. The molecule has 3 rings (SSSR count). The minimum absolute atomic E-state index is 0.0363. The number of aryl methyl sites for hydroxylation is 1. The number of nitrogens with zero attached hydrogens (tertiary/aromatic N) is 5. The number of aromatic nitrogens is 4. The summed E-state index contributed by atoms with van der Waals surface area (Å²) in [5, 5.41) is 14.5. The molecule has 3 N–H and O–H groups in total. The summed E-state index contributed by atoms with van der Waals surface area (Å²) in [7, 11) is 1.82. The van der Waals surface area contributed by atoms with Gasteiger partial charge >= 0.3 is 0 Å². The van der Waals surface area contributed by atoms with Crippen molar-refractivity contribution in [1.29, 1.82) is 0 Å². The highest BCUT2D eigenvalue weighted by atomic mass is 19.1. The summed E-state index contributed by atoms with van der Waals surface area (Å²) in [5.74, 6) is 0.248. The minimum Gasteiger partial charge on any atom is -0.368 e. The van der Waals surface area contributed by atoms with Crippen LogP contribution in [0.4, 0.5) is 14.6 Å². The van der Waals surface area contributed by atoms with Gasteiger partial charge in [-0.3, -0.25) is 4.68 Å². The van der Waals surface area contributed by atoms with Crippen molar-refractivity contribution in [3.63, 3.8) is 0 Å². The van der Waals surface area contributed by atoms with Crippen LogP contribution < -0.4 is 16.0 Å². The molecular formula is C18H22F2N8. The zero-order valence-electron chi connectivity index (χ0n) is 15.7. The van der Waals surface area contributed by atoms with Gasteiger partial charge in [0.05, 0.1) is 18.1 Å². The van der Waals surface area contributed by atoms with E-state index in [4.69, 9.17) is 0 Å². The molecule has 0 amide bonds. The molecule has 148 valence electrons. The van der Waals surface area contributed by atoms with Crippen molar-refractivity contribution in [1.82, 2.24) is 30.4 Å². The number of hydrogen-bond donors (Lipinski definition) is 3. The summed E-state index contributed by atoms with van der Waals surface area (Å²) in [6, 6.07) is 3.34. The molecule has 10 heteroatoms. The molecule has 0 saturated heterocycles. The van der Waals surface area contributed by atoms with Crippen LogP contribution in [-0.4, -0.2) is 45.3 Å². The van der Waals surface area contributed by atoms with Crippen LogP contribution in [-0.2, 0) is 13.6 Å². The standard InChI is InChI=1S/C18H22F2N8/c1-3-21-18(24-9-12-8-13(19)4-5-15(12)20)23-7-6-22-16-14-10-27-28(2)17(14)26-11-25-16/h4-5,8,10-11H,3,6-7,9H2,1-2H3,(H2,21,23,24)(H,22,25,26). The number of halogens is 2. The van der Waals surface area contributed by atoms with Gasteiger partial charge in [0, 0.05) is 32.2 Å². The second-order valence-electron chi connectivity index (χ2n) is 6.01. The lowest BCUT2D eigenvalue weighted by molar-refractivity contribution is 0.585. The van der Waals surface area contributed by atoms with Gasteiger partial charge in [0.1, 0.15) is 23.8 Å². The molecule has 3 aromatic rings. The third-order valence-electron chi connectivity index (χ3n) is 4.00. The number of aliphatic imine (C=N–C) groups is 1. The molecule has 0 saturated carbocycles. The zero-order valence-corrected chi connectivity index (χ0v) is 15.7. The summed E-state index contributed by atoms with van der Waals surface area (Å²) < 4.78 is 28.7. The fraction of sp³-hybridized carbons (Fsp3) is 0.333. The zero-order chi connectivity index (χ0) is 19.9. The van der Waals surface area contributed by atoms with Crippen molar-refractivity contribution in [2.75, 3.05) is 25.0 Å². The first-order valence-corrected chi connectivity index (χ1v) is 8.91. The van der Waals surface area contributed by atoms with Crippen molar-refractivity contribution in [2.24, 2.45) is 12.0 Å². The second kappa shape index (κ2) is 9.07. The summed E-state index contributed by atoms with van der Waals surface area (Å²) >= 11 is 0. The third-order valence-corrected chi connectivity index (χ3v) is 4.00. The molecule has 8 nitrogen and oxygen atoms in total. The van der Waals surface area contributed by atoms with Crippen LogP contribution in [0.5, 0.6) is 0 Å². The first kappa shape index (κ1) is 19.5. The van der Waals surface area contributed by atoms with Gasteiger partial charge in [-0.1, -0.05) is 0 Å². The van der Waals surface area contributed by atoms with E-state index in [1.54, 1.807) is 10.9 Å². The Morgan fingerprint density at radius 3 is 2.86 bits per heavy atom. The van der Waals surface area contributed by atoms with Crippen LogP contribution in [0, 0.1) is 11.6 Å². The topological polar surface area (TPSA) is 92.1 Å². The van der Waals surface area contributed by atoms with Gasteiger partial charge in [-0.05, 0) is 25.1 Å². The third kappa shape index (κ3) is 4.70. The molecular weight excluding hydrogens is 366 g/mol. The smallest absolute Gasteiger partial charge is 0.191 e. The number of guanidine groups is 1. The Labute approximate surface area is 161 Å². The summed E-state index contributed by atoms with van der Waals surface area (Å²) in [6.07, 6.45) is 3.20. The lowest BCUT2D eigenvalue weighted by Gasteiger charge is -2.12. The molecule has 0 aliphatic rings. The van der Waals surface area contributed by atoms with E-state index < -0.39 is 11.6 Å². The molecule has 0 atom stereocenters. The van der Waals surface area contributed by atoms with Crippen LogP contribution in [0.15, 0.2) is 35.7 Å². The van der Waals surface area contributed by atoms with Crippen LogP contribution in [0.25, 0.3) is 11.0 Å². The molecule has 0 radical (unpaired) electrons. The van der Waals surface area contributed by atoms with Gasteiger partial charge in [-0.25, -0.2) is 23.7 Å². The Balaban J connectivity index is 1.56. The Morgan fingerprint density at radius 1 is 1.18 bits per heavy atom. The largest absolute Gasteiger partial charge is 0.368 e. The van der Waals surface area contributed by atoms with E-state index in [-0.39, 0.29) is 12.1 Å². The quantitative estimate of drug-likeness (QED) is 0.325. The monoisotopic (exact) mass is 388 g/mol. The molecule has 2 heterocycles. The fourth-order valence-electron chi connectivity index (χ4n) is 2.64. The SMILES string of the molecule is CCNC(=NCc1cc(F)ccc1F)NCCNc1ncnc2c1cnn2C. The van der Waals surface area contributed by atoms with E-state index in [1.165, 1.54) is 6.33 Å². The van der Waals surface area contributed by atoms with Gasteiger partial charge in [0.2, 0.25) is 0 Å². The number of fused-ring (bicyclic) bond motifs is 1. The maximum Gasteiger partial charge on any atom is 0.191 e. The van der Waals surface area contributed by atoms with Crippen molar-refractivity contribution in [2.45, 2.75) is 13.5 Å². The fourth-order valence-corrected chi connectivity index (χ4v) is 2.64. The maximum atomic E-state index is 13.7. The average molecular weight is 388 g/mol. The Hall–Kier alpha value is -3.30. The van der Waals surface area contributed by atoms with E-state index in [2.05, 4.69) is 36.0 Å². The second-order valence-corrected chi connectivity index (χ2v) is 6.01. The van der Waals surface area contributed by atoms with Crippen LogP contribution in [0.2, 0.25) is 0 Å². The van der Waals surface area contributed by atoms with Crippen molar-refractivity contribution >= 4 is 22.8 Å². The number of rotatable bonds is 7. The molecule has 28 heavy (non-hydrogen) atoms. The Bertz CT molecular complexity index is 969. The molecule has 0 bridgehead atoms. The molecule has 0 spiro atoms. The van der Waals surface area contributed by atoms with Gasteiger partial charge in [0.25, 0.3) is 0 Å². The highest BCUT2D eigenvalue weighted by Gasteiger charge is 2.07. The van der Waals surface area contributed by atoms with Crippen LogP contribution >= 0.6 is 0 Å². The van der Waals surface area contributed by atoms with Crippen molar-refractivity contribution in [3.05, 3.63) is 47.9 Å².